The zero-order valence-electron chi connectivity index (χ0n) is 13.6. The number of benzene rings is 2. The second-order valence-electron chi connectivity index (χ2n) is 5.88. The predicted octanol–water partition coefficient (Wildman–Crippen LogP) is 1.64. The molecule has 0 aliphatic rings. The monoisotopic (exact) mass is 337 g/mol. The van der Waals surface area contributed by atoms with Crippen LogP contribution < -0.4 is 11.4 Å². The van der Waals surface area contributed by atoms with E-state index in [1.807, 2.05) is 30.3 Å². The van der Waals surface area contributed by atoms with Crippen molar-refractivity contribution >= 4 is 5.97 Å². The molecule has 1 atom stereocenters. The Balaban J connectivity index is 1.78. The fourth-order valence-corrected chi connectivity index (χ4v) is 2.64. The molecule has 6 nitrogen and oxygen atoms in total. The molecule has 1 aromatic heterocycles. The van der Waals surface area contributed by atoms with E-state index in [1.165, 1.54) is 0 Å². The maximum absolute atomic E-state index is 12.6. The first-order chi connectivity index (χ1) is 12.0. The van der Waals surface area contributed by atoms with Crippen LogP contribution in [0.2, 0.25) is 0 Å². The standard InChI is InChI=1S/C19H19N3O3/c20-17(18(23)24)12-14-6-8-16(9-7-14)22-11-10-21(19(22)25)13-15-4-2-1-3-5-15/h1-11,17H,12-13,20H2,(H,23,24)/t17-/m0/s1. The first kappa shape index (κ1) is 16.7. The van der Waals surface area contributed by atoms with Crippen molar-refractivity contribution in [2.24, 2.45) is 5.73 Å². The number of aromatic nitrogens is 2. The molecule has 3 rings (SSSR count). The molecule has 0 aliphatic heterocycles. The van der Waals surface area contributed by atoms with Crippen LogP contribution in [0.3, 0.4) is 0 Å². The van der Waals surface area contributed by atoms with Crippen LogP contribution >= 0.6 is 0 Å². The predicted molar refractivity (Wildman–Crippen MR) is 94.9 cm³/mol. The second kappa shape index (κ2) is 7.19. The van der Waals surface area contributed by atoms with Gasteiger partial charge in [-0.2, -0.15) is 0 Å². The molecule has 3 N–H and O–H groups in total. The van der Waals surface area contributed by atoms with Crippen molar-refractivity contribution in [3.05, 3.63) is 88.6 Å². The van der Waals surface area contributed by atoms with Crippen LogP contribution in [0, 0.1) is 0 Å². The molecule has 0 fully saturated rings. The minimum atomic E-state index is -1.03. The van der Waals surface area contributed by atoms with Crippen molar-refractivity contribution in [2.45, 2.75) is 19.0 Å². The average Bonchev–Trinajstić information content (AvgIpc) is 2.97. The van der Waals surface area contributed by atoms with Crippen LogP contribution in [0.1, 0.15) is 11.1 Å². The molecule has 0 radical (unpaired) electrons. The Morgan fingerprint density at radius 3 is 2.32 bits per heavy atom. The van der Waals surface area contributed by atoms with Gasteiger partial charge in [0, 0.05) is 12.4 Å². The molecule has 3 aromatic rings. The van der Waals surface area contributed by atoms with Gasteiger partial charge in [0.05, 0.1) is 12.2 Å². The minimum absolute atomic E-state index is 0.126. The number of rotatable bonds is 6. The van der Waals surface area contributed by atoms with E-state index in [2.05, 4.69) is 0 Å². The number of carbonyl (C=O) groups is 1. The summed E-state index contributed by atoms with van der Waals surface area (Å²) in [6.45, 7) is 0.512. The van der Waals surface area contributed by atoms with Gasteiger partial charge in [0.15, 0.2) is 0 Å². The van der Waals surface area contributed by atoms with Crippen molar-refractivity contribution in [1.82, 2.24) is 9.13 Å². The lowest BCUT2D eigenvalue weighted by Gasteiger charge is -2.08. The van der Waals surface area contributed by atoms with E-state index < -0.39 is 12.0 Å². The van der Waals surface area contributed by atoms with E-state index in [4.69, 9.17) is 10.8 Å². The van der Waals surface area contributed by atoms with E-state index >= 15 is 0 Å². The molecule has 25 heavy (non-hydrogen) atoms. The highest BCUT2D eigenvalue weighted by molar-refractivity contribution is 5.73. The molecular formula is C19H19N3O3. The summed E-state index contributed by atoms with van der Waals surface area (Å²) in [7, 11) is 0. The average molecular weight is 337 g/mol. The van der Waals surface area contributed by atoms with Gasteiger partial charge in [-0.25, -0.2) is 4.79 Å². The fraction of sp³-hybridized carbons (Fsp3) is 0.158. The lowest BCUT2D eigenvalue weighted by atomic mass is 10.1. The highest BCUT2D eigenvalue weighted by atomic mass is 16.4. The molecule has 0 saturated carbocycles. The van der Waals surface area contributed by atoms with Gasteiger partial charge in [-0.3, -0.25) is 13.9 Å². The number of imidazole rings is 1. The third-order valence-corrected chi connectivity index (χ3v) is 4.03. The van der Waals surface area contributed by atoms with Crippen LogP contribution in [0.5, 0.6) is 0 Å². The SMILES string of the molecule is N[C@@H](Cc1ccc(-n2ccn(Cc3ccccc3)c2=O)cc1)C(=O)O. The quantitative estimate of drug-likeness (QED) is 0.715. The minimum Gasteiger partial charge on any atom is -0.480 e. The van der Waals surface area contributed by atoms with Crippen molar-refractivity contribution in [3.63, 3.8) is 0 Å². The number of carboxylic acids is 1. The molecule has 0 spiro atoms. The van der Waals surface area contributed by atoms with Gasteiger partial charge in [0.2, 0.25) is 0 Å². The van der Waals surface area contributed by atoms with Gasteiger partial charge in [-0.1, -0.05) is 42.5 Å². The molecule has 0 saturated heterocycles. The highest BCUT2D eigenvalue weighted by Gasteiger charge is 2.12. The van der Waals surface area contributed by atoms with E-state index in [0.717, 1.165) is 16.8 Å². The van der Waals surface area contributed by atoms with E-state index in [1.54, 1.807) is 45.8 Å². The van der Waals surface area contributed by atoms with Gasteiger partial charge in [0.25, 0.3) is 0 Å². The number of nitrogens with zero attached hydrogens (tertiary/aromatic N) is 2. The topological polar surface area (TPSA) is 90.2 Å². The summed E-state index contributed by atoms with van der Waals surface area (Å²) in [5.41, 5.74) is 8.01. The van der Waals surface area contributed by atoms with E-state index in [9.17, 15) is 9.59 Å². The smallest absolute Gasteiger partial charge is 0.333 e. The number of hydrogen-bond donors (Lipinski definition) is 2. The lowest BCUT2D eigenvalue weighted by Crippen LogP contribution is -2.32. The van der Waals surface area contributed by atoms with Gasteiger partial charge in [-0.15, -0.1) is 0 Å². The summed E-state index contributed by atoms with van der Waals surface area (Å²) in [6.07, 6.45) is 3.73. The fourth-order valence-electron chi connectivity index (χ4n) is 2.64. The summed E-state index contributed by atoms with van der Waals surface area (Å²) in [5.74, 6) is -1.03. The second-order valence-corrected chi connectivity index (χ2v) is 5.88. The van der Waals surface area contributed by atoms with Crippen LogP contribution in [-0.4, -0.2) is 26.3 Å². The molecule has 0 aliphatic carbocycles. The van der Waals surface area contributed by atoms with E-state index in [-0.39, 0.29) is 12.1 Å². The summed E-state index contributed by atoms with van der Waals surface area (Å²) >= 11 is 0. The van der Waals surface area contributed by atoms with Crippen molar-refractivity contribution in [1.29, 1.82) is 0 Å². The Labute approximate surface area is 144 Å². The lowest BCUT2D eigenvalue weighted by molar-refractivity contribution is -0.138. The van der Waals surface area contributed by atoms with Crippen molar-refractivity contribution < 1.29 is 9.90 Å². The first-order valence-corrected chi connectivity index (χ1v) is 7.94. The van der Waals surface area contributed by atoms with Crippen LogP contribution in [-0.2, 0) is 17.8 Å². The largest absolute Gasteiger partial charge is 0.480 e. The first-order valence-electron chi connectivity index (χ1n) is 7.94. The number of aliphatic carboxylic acids is 1. The molecule has 1 heterocycles. The molecule has 6 heteroatoms. The van der Waals surface area contributed by atoms with Crippen LogP contribution in [0.4, 0.5) is 0 Å². The molecular weight excluding hydrogens is 318 g/mol. The number of hydrogen-bond acceptors (Lipinski definition) is 3. The van der Waals surface area contributed by atoms with Gasteiger partial charge in [-0.05, 0) is 29.7 Å². The maximum atomic E-state index is 12.6. The molecule has 0 unspecified atom stereocenters. The van der Waals surface area contributed by atoms with Crippen LogP contribution in [0.15, 0.2) is 71.8 Å². The maximum Gasteiger partial charge on any atom is 0.333 e. The Bertz CT molecular complexity index is 911. The summed E-state index contributed by atoms with van der Waals surface area (Å²) in [6, 6.07) is 16.0. The van der Waals surface area contributed by atoms with Crippen LogP contribution in [0.25, 0.3) is 5.69 Å². The Kier molecular flexibility index (Phi) is 4.81. The highest BCUT2D eigenvalue weighted by Crippen LogP contribution is 2.10. The Morgan fingerprint density at radius 1 is 1.00 bits per heavy atom. The van der Waals surface area contributed by atoms with Gasteiger partial charge >= 0.3 is 11.7 Å². The van der Waals surface area contributed by atoms with Crippen molar-refractivity contribution in [2.75, 3.05) is 0 Å². The molecule has 128 valence electrons. The molecule has 0 amide bonds. The van der Waals surface area contributed by atoms with Gasteiger partial charge < -0.3 is 10.8 Å². The molecule has 2 aromatic carbocycles. The number of carboxylic acid groups (broad SMARTS) is 1. The number of nitrogens with two attached hydrogens (primary N) is 1. The Morgan fingerprint density at radius 2 is 1.68 bits per heavy atom. The van der Waals surface area contributed by atoms with Gasteiger partial charge in [0.1, 0.15) is 6.04 Å². The van der Waals surface area contributed by atoms with E-state index in [0.29, 0.717) is 6.54 Å². The zero-order chi connectivity index (χ0) is 17.8. The molecule has 0 bridgehead atoms. The van der Waals surface area contributed by atoms with Crippen molar-refractivity contribution in [3.8, 4) is 5.69 Å². The summed E-state index contributed by atoms with van der Waals surface area (Å²) in [4.78, 5) is 23.4. The summed E-state index contributed by atoms with van der Waals surface area (Å²) < 4.78 is 3.20. The zero-order valence-corrected chi connectivity index (χ0v) is 13.6. The normalized spacial score (nSPS) is 12.0. The summed E-state index contributed by atoms with van der Waals surface area (Å²) in [5, 5.41) is 8.86. The third kappa shape index (κ3) is 3.87. The Hall–Kier alpha value is -3.12. The third-order valence-electron chi connectivity index (χ3n) is 4.03.